The minimum absolute atomic E-state index is 0.666. The van der Waals surface area contributed by atoms with E-state index in [9.17, 15) is 0 Å². The minimum Gasteiger partial charge on any atom is -0.339 e. The van der Waals surface area contributed by atoms with Crippen LogP contribution in [0.15, 0.2) is 20.7 Å². The Morgan fingerprint density at radius 3 is 2.88 bits per heavy atom. The van der Waals surface area contributed by atoms with Crippen LogP contribution < -0.4 is 4.90 Å². The maximum Gasteiger partial charge on any atom is 0.209 e. The molecule has 84 valence electrons. The molecule has 3 rings (SSSR count). The number of aromatic nitrogens is 2. The molecule has 2 aromatic rings. The van der Waals surface area contributed by atoms with E-state index in [4.69, 9.17) is 0 Å². The van der Waals surface area contributed by atoms with Crippen LogP contribution in [-0.4, -0.2) is 16.2 Å². The van der Waals surface area contributed by atoms with Gasteiger partial charge in [-0.25, -0.2) is 0 Å². The molecule has 0 spiro atoms. The zero-order valence-electron chi connectivity index (χ0n) is 8.47. The molecule has 16 heavy (non-hydrogen) atoms. The van der Waals surface area contributed by atoms with Crippen molar-refractivity contribution >= 4 is 43.7 Å². The van der Waals surface area contributed by atoms with Crippen molar-refractivity contribution in [2.24, 2.45) is 0 Å². The zero-order chi connectivity index (χ0) is 11.0. The topological polar surface area (TPSA) is 29.0 Å². The third-order valence-corrected chi connectivity index (χ3v) is 4.68. The number of halogens is 1. The van der Waals surface area contributed by atoms with E-state index in [1.165, 1.54) is 18.4 Å². The number of anilines is 1. The maximum absolute atomic E-state index is 4.21. The molecule has 0 saturated heterocycles. The second-order valence-corrected chi connectivity index (χ2v) is 6.84. The van der Waals surface area contributed by atoms with Gasteiger partial charge in [0.05, 0.1) is 0 Å². The van der Waals surface area contributed by atoms with Crippen LogP contribution in [0.4, 0.5) is 5.13 Å². The van der Waals surface area contributed by atoms with Crippen molar-refractivity contribution in [2.45, 2.75) is 25.4 Å². The average molecular weight is 316 g/mol. The van der Waals surface area contributed by atoms with E-state index >= 15 is 0 Å². The third-order valence-electron chi connectivity index (χ3n) is 2.56. The monoisotopic (exact) mass is 315 g/mol. The summed E-state index contributed by atoms with van der Waals surface area (Å²) in [5.74, 6) is 0. The van der Waals surface area contributed by atoms with E-state index in [0.717, 1.165) is 15.6 Å². The molecular weight excluding hydrogens is 306 g/mol. The largest absolute Gasteiger partial charge is 0.339 e. The zero-order valence-corrected chi connectivity index (χ0v) is 11.7. The van der Waals surface area contributed by atoms with E-state index in [0.29, 0.717) is 6.04 Å². The van der Waals surface area contributed by atoms with Gasteiger partial charge in [0.15, 0.2) is 3.92 Å². The van der Waals surface area contributed by atoms with Gasteiger partial charge in [-0.3, -0.25) is 0 Å². The Bertz CT molecular complexity index is 464. The molecule has 0 bridgehead atoms. The summed E-state index contributed by atoms with van der Waals surface area (Å²) in [6.07, 6.45) is 2.56. The first-order valence-electron chi connectivity index (χ1n) is 5.09. The van der Waals surface area contributed by atoms with Gasteiger partial charge in [-0.15, -0.1) is 10.2 Å². The standard InChI is InChI=1S/C10H10BrN3S2/c11-9-12-13-10(16-9)14(8-1-2-8)5-7-3-4-15-6-7/h3-4,6,8H,1-2,5H2. The van der Waals surface area contributed by atoms with E-state index in [1.54, 1.807) is 22.7 Å². The molecule has 1 saturated carbocycles. The summed E-state index contributed by atoms with van der Waals surface area (Å²) in [7, 11) is 0. The summed E-state index contributed by atoms with van der Waals surface area (Å²) >= 11 is 6.72. The Kier molecular flexibility index (Phi) is 2.95. The molecule has 1 aliphatic carbocycles. The van der Waals surface area contributed by atoms with Gasteiger partial charge >= 0.3 is 0 Å². The van der Waals surface area contributed by atoms with Gasteiger partial charge in [0.1, 0.15) is 0 Å². The van der Waals surface area contributed by atoms with E-state index in [-0.39, 0.29) is 0 Å². The number of thiophene rings is 1. The molecule has 0 unspecified atom stereocenters. The molecule has 3 nitrogen and oxygen atoms in total. The van der Waals surface area contributed by atoms with E-state index in [1.807, 2.05) is 0 Å². The van der Waals surface area contributed by atoms with Crippen molar-refractivity contribution in [2.75, 3.05) is 4.90 Å². The van der Waals surface area contributed by atoms with Crippen molar-refractivity contribution in [3.63, 3.8) is 0 Å². The average Bonchev–Trinajstić information content (AvgIpc) is 2.81. The van der Waals surface area contributed by atoms with Crippen LogP contribution in [-0.2, 0) is 6.54 Å². The fourth-order valence-electron chi connectivity index (χ4n) is 1.63. The van der Waals surface area contributed by atoms with Crippen LogP contribution in [0.2, 0.25) is 0 Å². The van der Waals surface area contributed by atoms with Crippen LogP contribution in [0.1, 0.15) is 18.4 Å². The Morgan fingerprint density at radius 2 is 2.31 bits per heavy atom. The highest BCUT2D eigenvalue weighted by atomic mass is 79.9. The van der Waals surface area contributed by atoms with Crippen LogP contribution in [0.3, 0.4) is 0 Å². The lowest BCUT2D eigenvalue weighted by Gasteiger charge is -2.19. The van der Waals surface area contributed by atoms with Crippen LogP contribution in [0.5, 0.6) is 0 Å². The Balaban J connectivity index is 1.81. The Hall–Kier alpha value is -0.460. The summed E-state index contributed by atoms with van der Waals surface area (Å²) < 4.78 is 0.860. The Morgan fingerprint density at radius 1 is 1.44 bits per heavy atom. The summed E-state index contributed by atoms with van der Waals surface area (Å²) in [6.45, 7) is 0.954. The van der Waals surface area contributed by atoms with Crippen molar-refractivity contribution in [1.29, 1.82) is 0 Å². The molecule has 1 aliphatic rings. The van der Waals surface area contributed by atoms with Gasteiger partial charge in [0.2, 0.25) is 5.13 Å². The summed E-state index contributed by atoms with van der Waals surface area (Å²) in [5.41, 5.74) is 1.36. The van der Waals surface area contributed by atoms with Crippen molar-refractivity contribution in [1.82, 2.24) is 10.2 Å². The van der Waals surface area contributed by atoms with E-state index < -0.39 is 0 Å². The fourth-order valence-corrected chi connectivity index (χ4v) is 3.45. The first kappa shape index (κ1) is 10.7. The summed E-state index contributed by atoms with van der Waals surface area (Å²) in [6, 6.07) is 2.84. The van der Waals surface area contributed by atoms with Gasteiger partial charge in [0.25, 0.3) is 0 Å². The molecule has 0 N–H and O–H groups in total. The number of hydrogen-bond donors (Lipinski definition) is 0. The van der Waals surface area contributed by atoms with Crippen molar-refractivity contribution in [3.8, 4) is 0 Å². The number of nitrogens with zero attached hydrogens (tertiary/aromatic N) is 3. The first-order chi connectivity index (χ1) is 7.83. The number of hydrogen-bond acceptors (Lipinski definition) is 5. The highest BCUT2D eigenvalue weighted by molar-refractivity contribution is 9.11. The van der Waals surface area contributed by atoms with Gasteiger partial charge in [-0.05, 0) is 51.2 Å². The molecule has 1 fully saturated rings. The molecule has 6 heteroatoms. The van der Waals surface area contributed by atoms with Crippen LogP contribution >= 0.6 is 38.6 Å². The number of rotatable bonds is 4. The normalized spacial score (nSPS) is 15.3. The highest BCUT2D eigenvalue weighted by Crippen LogP contribution is 2.35. The molecule has 2 aromatic heterocycles. The third kappa shape index (κ3) is 2.28. The lowest BCUT2D eigenvalue weighted by Crippen LogP contribution is -2.24. The van der Waals surface area contributed by atoms with Gasteiger partial charge in [-0.2, -0.15) is 11.3 Å². The molecular formula is C10H10BrN3S2. The lowest BCUT2D eigenvalue weighted by molar-refractivity contribution is 0.782. The molecule has 0 atom stereocenters. The lowest BCUT2D eigenvalue weighted by atomic mass is 10.3. The van der Waals surface area contributed by atoms with Crippen LogP contribution in [0, 0.1) is 0 Å². The first-order valence-corrected chi connectivity index (χ1v) is 7.65. The van der Waals surface area contributed by atoms with Crippen molar-refractivity contribution in [3.05, 3.63) is 26.3 Å². The highest BCUT2D eigenvalue weighted by Gasteiger charge is 2.31. The minimum atomic E-state index is 0.666. The predicted molar refractivity (Wildman–Crippen MR) is 71.1 cm³/mol. The predicted octanol–water partition coefficient (Wildman–Crippen LogP) is 3.53. The second kappa shape index (κ2) is 4.43. The van der Waals surface area contributed by atoms with Gasteiger partial charge < -0.3 is 4.90 Å². The molecule has 2 heterocycles. The summed E-state index contributed by atoms with van der Waals surface area (Å²) in [5, 5.41) is 13.6. The molecule has 0 aliphatic heterocycles. The van der Waals surface area contributed by atoms with Crippen LogP contribution in [0.25, 0.3) is 0 Å². The smallest absolute Gasteiger partial charge is 0.209 e. The van der Waals surface area contributed by atoms with Gasteiger partial charge in [0, 0.05) is 12.6 Å². The molecule has 0 aromatic carbocycles. The Labute approximate surface area is 110 Å². The molecule has 0 amide bonds. The summed E-state index contributed by atoms with van der Waals surface area (Å²) in [4.78, 5) is 2.37. The fraction of sp³-hybridized carbons (Fsp3) is 0.400. The quantitative estimate of drug-likeness (QED) is 0.864. The maximum atomic E-state index is 4.21. The second-order valence-electron chi connectivity index (χ2n) is 3.83. The SMILES string of the molecule is Brc1nnc(N(Cc2ccsc2)C2CC2)s1. The van der Waals surface area contributed by atoms with Crippen molar-refractivity contribution < 1.29 is 0 Å². The molecule has 0 radical (unpaired) electrons. The van der Waals surface area contributed by atoms with E-state index in [2.05, 4.69) is 47.9 Å². The van der Waals surface area contributed by atoms with Gasteiger partial charge in [-0.1, -0.05) is 11.3 Å².